The van der Waals surface area contributed by atoms with Gasteiger partial charge in [-0.15, -0.1) is 10.2 Å². The summed E-state index contributed by atoms with van der Waals surface area (Å²) in [7, 11) is 1.92. The van der Waals surface area contributed by atoms with Crippen molar-refractivity contribution in [2.75, 3.05) is 5.32 Å². The van der Waals surface area contributed by atoms with Gasteiger partial charge in [-0.05, 0) is 13.0 Å². The largest absolute Gasteiger partial charge is 0.350 e. The molecule has 0 aliphatic carbocycles. The molecule has 0 radical (unpaired) electrons. The number of benzene rings is 1. The van der Waals surface area contributed by atoms with Crippen molar-refractivity contribution in [1.82, 2.24) is 14.8 Å². The standard InChI is InChI=1S/C13H12N4OS/c1-8-15-16-13(19-8)14-12(18)10-7-17(2)11-6-4-3-5-9(10)11/h3-7H,1-2H3,(H,14,16,18). The maximum Gasteiger partial charge on any atom is 0.259 e. The molecule has 0 saturated carbocycles. The van der Waals surface area contributed by atoms with Gasteiger partial charge in [0.15, 0.2) is 0 Å². The molecule has 2 aromatic heterocycles. The first-order chi connectivity index (χ1) is 9.15. The molecule has 0 aliphatic heterocycles. The molecule has 0 bridgehead atoms. The van der Waals surface area contributed by atoms with Gasteiger partial charge in [-0.3, -0.25) is 10.1 Å². The Balaban J connectivity index is 1.98. The van der Waals surface area contributed by atoms with E-state index in [1.54, 1.807) is 0 Å². The van der Waals surface area contributed by atoms with E-state index in [9.17, 15) is 4.79 Å². The van der Waals surface area contributed by atoms with E-state index in [0.717, 1.165) is 15.9 Å². The molecule has 0 aliphatic rings. The Morgan fingerprint density at radius 2 is 2.11 bits per heavy atom. The van der Waals surface area contributed by atoms with Crippen molar-refractivity contribution < 1.29 is 4.79 Å². The normalized spacial score (nSPS) is 10.8. The minimum atomic E-state index is -0.159. The lowest BCUT2D eigenvalue weighted by Crippen LogP contribution is -2.11. The van der Waals surface area contributed by atoms with E-state index in [0.29, 0.717) is 10.7 Å². The number of rotatable bonds is 2. The van der Waals surface area contributed by atoms with Crippen LogP contribution in [0.5, 0.6) is 0 Å². The second-order valence-electron chi connectivity index (χ2n) is 4.25. The van der Waals surface area contributed by atoms with Crippen LogP contribution in [0.25, 0.3) is 10.9 Å². The number of amides is 1. The second-order valence-corrected chi connectivity index (χ2v) is 5.43. The van der Waals surface area contributed by atoms with Crippen molar-refractivity contribution in [3.63, 3.8) is 0 Å². The third-order valence-electron chi connectivity index (χ3n) is 2.89. The van der Waals surface area contributed by atoms with Crippen molar-refractivity contribution >= 4 is 33.3 Å². The molecule has 0 saturated heterocycles. The molecule has 0 spiro atoms. The van der Waals surface area contributed by atoms with E-state index in [2.05, 4.69) is 15.5 Å². The van der Waals surface area contributed by atoms with Crippen molar-refractivity contribution in [2.45, 2.75) is 6.92 Å². The first-order valence-corrected chi connectivity index (χ1v) is 6.62. The van der Waals surface area contributed by atoms with Crippen LogP contribution in [0, 0.1) is 6.92 Å². The Bertz CT molecular complexity index is 759. The van der Waals surface area contributed by atoms with E-state index >= 15 is 0 Å². The second kappa shape index (κ2) is 4.47. The number of carbonyl (C=O) groups is 1. The summed E-state index contributed by atoms with van der Waals surface area (Å²) in [5.41, 5.74) is 1.67. The van der Waals surface area contributed by atoms with Crippen LogP contribution in [0.2, 0.25) is 0 Å². The number of aromatic nitrogens is 3. The molecule has 19 heavy (non-hydrogen) atoms. The molecule has 0 fully saturated rings. The number of carbonyl (C=O) groups excluding carboxylic acids is 1. The Hall–Kier alpha value is -2.21. The topological polar surface area (TPSA) is 59.8 Å². The van der Waals surface area contributed by atoms with Crippen LogP contribution in [0.1, 0.15) is 15.4 Å². The van der Waals surface area contributed by atoms with Gasteiger partial charge in [0.05, 0.1) is 5.56 Å². The summed E-state index contributed by atoms with van der Waals surface area (Å²) in [6.45, 7) is 1.85. The van der Waals surface area contributed by atoms with Crippen molar-refractivity contribution in [3.05, 3.63) is 41.0 Å². The lowest BCUT2D eigenvalue weighted by molar-refractivity contribution is 0.102. The molecule has 96 valence electrons. The minimum absolute atomic E-state index is 0.159. The Morgan fingerprint density at radius 3 is 2.84 bits per heavy atom. The highest BCUT2D eigenvalue weighted by atomic mass is 32.1. The predicted molar refractivity (Wildman–Crippen MR) is 75.5 cm³/mol. The van der Waals surface area contributed by atoms with Crippen LogP contribution in [0.3, 0.4) is 0 Å². The SMILES string of the molecule is Cc1nnc(NC(=O)c2cn(C)c3ccccc23)s1. The molecule has 0 unspecified atom stereocenters. The van der Waals surface area contributed by atoms with Crippen LogP contribution >= 0.6 is 11.3 Å². The molecule has 6 heteroatoms. The number of hydrogen-bond donors (Lipinski definition) is 1. The van der Waals surface area contributed by atoms with Gasteiger partial charge in [0, 0.05) is 24.1 Å². The molecular formula is C13H12N4OS. The fourth-order valence-corrected chi connectivity index (χ4v) is 2.62. The summed E-state index contributed by atoms with van der Waals surface area (Å²) in [5.74, 6) is -0.159. The summed E-state index contributed by atoms with van der Waals surface area (Å²) in [4.78, 5) is 12.3. The van der Waals surface area contributed by atoms with Gasteiger partial charge >= 0.3 is 0 Å². The highest BCUT2D eigenvalue weighted by Crippen LogP contribution is 2.22. The number of aryl methyl sites for hydroxylation is 2. The van der Waals surface area contributed by atoms with Crippen molar-refractivity contribution in [3.8, 4) is 0 Å². The van der Waals surface area contributed by atoms with E-state index in [-0.39, 0.29) is 5.91 Å². The van der Waals surface area contributed by atoms with Gasteiger partial charge in [0.1, 0.15) is 5.01 Å². The predicted octanol–water partition coefficient (Wildman–Crippen LogP) is 2.59. The van der Waals surface area contributed by atoms with Crippen LogP contribution in [0.15, 0.2) is 30.5 Å². The Labute approximate surface area is 113 Å². The van der Waals surface area contributed by atoms with Gasteiger partial charge in [-0.1, -0.05) is 29.5 Å². The quantitative estimate of drug-likeness (QED) is 0.780. The van der Waals surface area contributed by atoms with Gasteiger partial charge in [-0.2, -0.15) is 0 Å². The third-order valence-corrected chi connectivity index (χ3v) is 3.64. The van der Waals surface area contributed by atoms with Crippen molar-refractivity contribution in [2.24, 2.45) is 7.05 Å². The first-order valence-electron chi connectivity index (χ1n) is 5.80. The average molecular weight is 272 g/mol. The van der Waals surface area contributed by atoms with Gasteiger partial charge in [0.2, 0.25) is 5.13 Å². The number of para-hydroxylation sites is 1. The zero-order valence-electron chi connectivity index (χ0n) is 10.5. The summed E-state index contributed by atoms with van der Waals surface area (Å²) in [5, 5.41) is 12.8. The number of anilines is 1. The van der Waals surface area contributed by atoms with Gasteiger partial charge in [-0.25, -0.2) is 0 Å². The summed E-state index contributed by atoms with van der Waals surface area (Å²) in [6, 6.07) is 7.81. The Morgan fingerprint density at radius 1 is 1.32 bits per heavy atom. The molecule has 1 N–H and O–H groups in total. The van der Waals surface area contributed by atoms with Crippen LogP contribution in [-0.2, 0) is 7.05 Å². The lowest BCUT2D eigenvalue weighted by Gasteiger charge is -1.98. The fraction of sp³-hybridized carbons (Fsp3) is 0.154. The summed E-state index contributed by atoms with van der Waals surface area (Å²) in [6.07, 6.45) is 1.83. The van der Waals surface area contributed by atoms with E-state index in [1.165, 1.54) is 11.3 Å². The smallest absolute Gasteiger partial charge is 0.259 e. The molecule has 2 heterocycles. The molecule has 3 rings (SSSR count). The van der Waals surface area contributed by atoms with Crippen LogP contribution < -0.4 is 5.32 Å². The van der Waals surface area contributed by atoms with E-state index < -0.39 is 0 Å². The fourth-order valence-electron chi connectivity index (χ4n) is 2.03. The lowest BCUT2D eigenvalue weighted by atomic mass is 10.1. The molecule has 1 amide bonds. The van der Waals surface area contributed by atoms with Gasteiger partial charge < -0.3 is 4.57 Å². The number of nitrogens with zero attached hydrogens (tertiary/aromatic N) is 3. The maximum absolute atomic E-state index is 12.3. The van der Waals surface area contributed by atoms with E-state index in [4.69, 9.17) is 0 Å². The van der Waals surface area contributed by atoms with Crippen LogP contribution in [-0.4, -0.2) is 20.7 Å². The van der Waals surface area contributed by atoms with Crippen LogP contribution in [0.4, 0.5) is 5.13 Å². The number of nitrogens with one attached hydrogen (secondary N) is 1. The number of hydrogen-bond acceptors (Lipinski definition) is 4. The Kier molecular flexibility index (Phi) is 2.79. The highest BCUT2D eigenvalue weighted by molar-refractivity contribution is 7.15. The van der Waals surface area contributed by atoms with Crippen molar-refractivity contribution in [1.29, 1.82) is 0 Å². The summed E-state index contributed by atoms with van der Waals surface area (Å²) >= 11 is 1.36. The molecule has 3 aromatic rings. The number of fused-ring (bicyclic) bond motifs is 1. The summed E-state index contributed by atoms with van der Waals surface area (Å²) < 4.78 is 1.94. The minimum Gasteiger partial charge on any atom is -0.350 e. The molecule has 5 nitrogen and oxygen atoms in total. The average Bonchev–Trinajstić information content (AvgIpc) is 2.95. The van der Waals surface area contributed by atoms with Gasteiger partial charge in [0.25, 0.3) is 5.91 Å². The van der Waals surface area contributed by atoms with E-state index in [1.807, 2.05) is 49.0 Å². The monoisotopic (exact) mass is 272 g/mol. The molecular weight excluding hydrogens is 260 g/mol. The zero-order chi connectivity index (χ0) is 13.4. The maximum atomic E-state index is 12.3. The molecule has 1 aromatic carbocycles. The third kappa shape index (κ3) is 2.10. The molecule has 0 atom stereocenters. The highest BCUT2D eigenvalue weighted by Gasteiger charge is 2.15. The zero-order valence-corrected chi connectivity index (χ0v) is 11.4. The first kappa shape index (κ1) is 11.9.